The molecule has 0 aliphatic carbocycles. The first kappa shape index (κ1) is 11.6. The number of aldehydes is 1. The molecule has 0 fully saturated rings. The highest BCUT2D eigenvalue weighted by molar-refractivity contribution is 5.51. The molecule has 0 saturated heterocycles. The Morgan fingerprint density at radius 3 is 2.17 bits per heavy atom. The summed E-state index contributed by atoms with van der Waals surface area (Å²) >= 11 is 0. The molecular formula is C9H20N2O. The maximum absolute atomic E-state index is 10.1. The van der Waals surface area contributed by atoms with Gasteiger partial charge in [-0.15, -0.1) is 0 Å². The number of hydrogen-bond acceptors (Lipinski definition) is 3. The van der Waals surface area contributed by atoms with Crippen LogP contribution >= 0.6 is 0 Å². The van der Waals surface area contributed by atoms with Crippen LogP contribution < -0.4 is 0 Å². The van der Waals surface area contributed by atoms with Crippen LogP contribution in [0.1, 0.15) is 13.8 Å². The molecule has 12 heavy (non-hydrogen) atoms. The second-order valence-electron chi connectivity index (χ2n) is 2.96. The molecule has 0 N–H and O–H groups in total. The van der Waals surface area contributed by atoms with Gasteiger partial charge >= 0.3 is 0 Å². The van der Waals surface area contributed by atoms with Gasteiger partial charge in [-0.3, -0.25) is 4.90 Å². The molecule has 0 aromatic carbocycles. The molecule has 0 aliphatic rings. The minimum Gasteiger partial charge on any atom is -0.303 e. The largest absolute Gasteiger partial charge is 0.303 e. The number of carbonyl (C=O) groups is 1. The van der Waals surface area contributed by atoms with Crippen LogP contribution in [0.5, 0.6) is 0 Å². The smallest absolute Gasteiger partial charge is 0.133 e. The van der Waals surface area contributed by atoms with E-state index in [0.717, 1.165) is 32.5 Å². The van der Waals surface area contributed by atoms with Crippen molar-refractivity contribution in [2.45, 2.75) is 13.8 Å². The van der Waals surface area contributed by atoms with Crippen LogP contribution in [0, 0.1) is 0 Å². The van der Waals surface area contributed by atoms with E-state index in [9.17, 15) is 4.79 Å². The molecule has 3 heteroatoms. The van der Waals surface area contributed by atoms with E-state index in [-0.39, 0.29) is 0 Å². The number of nitrogens with zero attached hydrogens (tertiary/aromatic N) is 2. The predicted octanol–water partition coefficient (Wildman–Crippen LogP) is 0.459. The highest BCUT2D eigenvalue weighted by Gasteiger charge is 2.00. The maximum Gasteiger partial charge on any atom is 0.133 e. The van der Waals surface area contributed by atoms with Gasteiger partial charge in [0.1, 0.15) is 6.29 Å². The van der Waals surface area contributed by atoms with Crippen LogP contribution in [0.4, 0.5) is 0 Å². The van der Waals surface area contributed by atoms with Crippen molar-refractivity contribution < 1.29 is 4.79 Å². The van der Waals surface area contributed by atoms with E-state index in [4.69, 9.17) is 0 Å². The number of likely N-dealkylation sites (N-methyl/N-ethyl adjacent to an activating group) is 2. The van der Waals surface area contributed by atoms with Crippen molar-refractivity contribution in [3.05, 3.63) is 0 Å². The lowest BCUT2D eigenvalue weighted by molar-refractivity contribution is -0.108. The normalized spacial score (nSPS) is 11.1. The fraction of sp³-hybridized carbons (Fsp3) is 0.889. The monoisotopic (exact) mass is 172 g/mol. The van der Waals surface area contributed by atoms with Gasteiger partial charge in [0.2, 0.25) is 0 Å². The van der Waals surface area contributed by atoms with E-state index < -0.39 is 0 Å². The molecule has 0 atom stereocenters. The third kappa shape index (κ3) is 5.27. The standard InChI is InChI=1S/C9H20N2O/c1-4-11(5-2)7-6-10(3)8-9-12/h9H,4-8H2,1-3H3. The SMILES string of the molecule is CCN(CC)CCN(C)CC=O. The van der Waals surface area contributed by atoms with Crippen molar-refractivity contribution >= 4 is 6.29 Å². The van der Waals surface area contributed by atoms with Gasteiger partial charge in [0, 0.05) is 13.1 Å². The van der Waals surface area contributed by atoms with Gasteiger partial charge in [-0.25, -0.2) is 0 Å². The Bertz CT molecular complexity index is 113. The molecule has 3 nitrogen and oxygen atoms in total. The van der Waals surface area contributed by atoms with Gasteiger partial charge in [-0.1, -0.05) is 13.8 Å². The van der Waals surface area contributed by atoms with Gasteiger partial charge in [0.05, 0.1) is 6.54 Å². The second-order valence-corrected chi connectivity index (χ2v) is 2.96. The fourth-order valence-corrected chi connectivity index (χ4v) is 1.07. The molecule has 0 unspecified atom stereocenters. The Morgan fingerprint density at radius 2 is 1.75 bits per heavy atom. The fourth-order valence-electron chi connectivity index (χ4n) is 1.07. The van der Waals surface area contributed by atoms with Crippen LogP contribution in [0.3, 0.4) is 0 Å². The van der Waals surface area contributed by atoms with Crippen molar-refractivity contribution in [2.75, 3.05) is 39.8 Å². The lowest BCUT2D eigenvalue weighted by Gasteiger charge is -2.21. The van der Waals surface area contributed by atoms with Crippen LogP contribution in [0.15, 0.2) is 0 Å². The number of hydrogen-bond donors (Lipinski definition) is 0. The van der Waals surface area contributed by atoms with Crippen molar-refractivity contribution in [2.24, 2.45) is 0 Å². The van der Waals surface area contributed by atoms with E-state index >= 15 is 0 Å². The third-order valence-electron chi connectivity index (χ3n) is 2.08. The molecule has 0 aromatic rings. The summed E-state index contributed by atoms with van der Waals surface area (Å²) in [6.45, 7) is 9.06. The third-order valence-corrected chi connectivity index (χ3v) is 2.08. The Hall–Kier alpha value is -0.410. The molecule has 0 heterocycles. The molecular weight excluding hydrogens is 152 g/mol. The predicted molar refractivity (Wildman–Crippen MR) is 51.3 cm³/mol. The Balaban J connectivity index is 3.43. The van der Waals surface area contributed by atoms with Crippen LogP contribution in [0.2, 0.25) is 0 Å². The maximum atomic E-state index is 10.1. The van der Waals surface area contributed by atoms with E-state index in [1.165, 1.54) is 0 Å². The van der Waals surface area contributed by atoms with Gasteiger partial charge in [-0.2, -0.15) is 0 Å². The summed E-state index contributed by atoms with van der Waals surface area (Å²) in [4.78, 5) is 14.5. The van der Waals surface area contributed by atoms with Gasteiger partial charge in [0.25, 0.3) is 0 Å². The van der Waals surface area contributed by atoms with Crippen LogP contribution in [-0.4, -0.2) is 55.9 Å². The lowest BCUT2D eigenvalue weighted by atomic mass is 10.4. The van der Waals surface area contributed by atoms with Gasteiger partial charge < -0.3 is 9.69 Å². The van der Waals surface area contributed by atoms with Crippen molar-refractivity contribution in [1.82, 2.24) is 9.80 Å². The highest BCUT2D eigenvalue weighted by Crippen LogP contribution is 1.87. The van der Waals surface area contributed by atoms with Gasteiger partial charge in [0.15, 0.2) is 0 Å². The Labute approximate surface area is 75.3 Å². The molecule has 0 amide bonds. The first-order chi connectivity index (χ1) is 5.74. The topological polar surface area (TPSA) is 23.6 Å². The van der Waals surface area contributed by atoms with Crippen LogP contribution in [0.25, 0.3) is 0 Å². The molecule has 72 valence electrons. The van der Waals surface area contributed by atoms with Crippen LogP contribution in [-0.2, 0) is 4.79 Å². The zero-order valence-electron chi connectivity index (χ0n) is 8.42. The summed E-state index contributed by atoms with van der Waals surface area (Å²) in [6, 6.07) is 0. The molecule has 0 spiro atoms. The van der Waals surface area contributed by atoms with Crippen molar-refractivity contribution in [1.29, 1.82) is 0 Å². The zero-order valence-corrected chi connectivity index (χ0v) is 8.42. The highest BCUT2D eigenvalue weighted by atomic mass is 16.1. The second kappa shape index (κ2) is 7.25. The lowest BCUT2D eigenvalue weighted by Crippen LogP contribution is -2.33. The summed E-state index contributed by atoms with van der Waals surface area (Å²) in [7, 11) is 1.97. The quantitative estimate of drug-likeness (QED) is 0.521. The van der Waals surface area contributed by atoms with Crippen molar-refractivity contribution in [3.8, 4) is 0 Å². The average Bonchev–Trinajstić information content (AvgIpc) is 2.07. The van der Waals surface area contributed by atoms with Crippen molar-refractivity contribution in [3.63, 3.8) is 0 Å². The first-order valence-corrected chi connectivity index (χ1v) is 4.59. The summed E-state index contributed by atoms with van der Waals surface area (Å²) in [6.07, 6.45) is 0.947. The van der Waals surface area contributed by atoms with E-state index in [1.807, 2.05) is 11.9 Å². The van der Waals surface area contributed by atoms with E-state index in [0.29, 0.717) is 6.54 Å². The van der Waals surface area contributed by atoms with E-state index in [2.05, 4.69) is 18.7 Å². The summed E-state index contributed by atoms with van der Waals surface area (Å²) in [5.41, 5.74) is 0. The minimum atomic E-state index is 0.543. The Kier molecular flexibility index (Phi) is 7.00. The summed E-state index contributed by atoms with van der Waals surface area (Å²) in [5.74, 6) is 0. The summed E-state index contributed by atoms with van der Waals surface area (Å²) < 4.78 is 0. The number of rotatable bonds is 7. The molecule has 0 bridgehead atoms. The molecule has 0 aromatic heterocycles. The number of carbonyl (C=O) groups excluding carboxylic acids is 1. The first-order valence-electron chi connectivity index (χ1n) is 4.59. The molecule has 0 rings (SSSR count). The molecule has 0 saturated carbocycles. The summed E-state index contributed by atoms with van der Waals surface area (Å²) in [5, 5.41) is 0. The molecule has 0 radical (unpaired) electrons. The average molecular weight is 172 g/mol. The Morgan fingerprint density at radius 1 is 1.17 bits per heavy atom. The van der Waals surface area contributed by atoms with Gasteiger partial charge in [-0.05, 0) is 20.1 Å². The van der Waals surface area contributed by atoms with E-state index in [1.54, 1.807) is 0 Å². The molecule has 0 aliphatic heterocycles. The zero-order chi connectivity index (χ0) is 9.40. The minimum absolute atomic E-state index is 0.543.